The highest BCUT2D eigenvalue weighted by molar-refractivity contribution is 6.12. The lowest BCUT2D eigenvalue weighted by Gasteiger charge is -2.26. The van der Waals surface area contributed by atoms with Crippen LogP contribution in [0.15, 0.2) is 279 Å². The molecule has 2 aromatic heterocycles. The lowest BCUT2D eigenvalue weighted by molar-refractivity contribution is 1.18. The fourth-order valence-electron chi connectivity index (χ4n) is 10.7. The van der Waals surface area contributed by atoms with Crippen LogP contribution in [0.2, 0.25) is 0 Å². The van der Waals surface area contributed by atoms with Gasteiger partial charge in [0.15, 0.2) is 22.9 Å². The van der Waals surface area contributed by atoms with E-state index >= 15 is 0 Å². The average molecular weight is 1040 g/mol. The zero-order valence-electron chi connectivity index (χ0n) is 43.6. The Morgan fingerprint density at radius 2 is 0.716 bits per heavy atom. The maximum atomic E-state index is 8.39. The summed E-state index contributed by atoms with van der Waals surface area (Å²) in [5.74, 6) is 0.667. The zero-order chi connectivity index (χ0) is 54.7. The number of aromatic nitrogens is 3. The Morgan fingerprint density at radius 1 is 0.309 bits per heavy atom. The van der Waals surface area contributed by atoms with E-state index in [0.29, 0.717) is 22.9 Å². The minimum Gasteiger partial charge on any atom is -0.311 e. The van der Waals surface area contributed by atoms with Crippen LogP contribution in [0, 0.1) is 19.7 Å². The molecule has 0 N–H and O–H groups in total. The summed E-state index contributed by atoms with van der Waals surface area (Å²) in [6.07, 6.45) is 0. The van der Waals surface area contributed by atoms with E-state index in [4.69, 9.17) is 29.7 Å². The van der Waals surface area contributed by atoms with Crippen molar-refractivity contribution in [1.29, 1.82) is 0 Å². The summed E-state index contributed by atoms with van der Waals surface area (Å²) in [4.78, 5) is 25.8. The van der Waals surface area contributed by atoms with E-state index in [1.54, 1.807) is 0 Å². The largest absolute Gasteiger partial charge is 0.311 e. The fraction of sp³-hybridized carbons (Fsp3) is 0. The van der Waals surface area contributed by atoms with E-state index in [0.717, 1.165) is 112 Å². The number of nitrogens with zero attached hydrogens (tertiary/aromatic N) is 8. The van der Waals surface area contributed by atoms with E-state index in [9.17, 15) is 0 Å². The van der Waals surface area contributed by atoms with Gasteiger partial charge in [-0.05, 0) is 131 Å². The second kappa shape index (κ2) is 21.4. The molecule has 13 rings (SSSR count). The molecular weight excluding hydrogens is 989 g/mol. The minimum absolute atomic E-state index is 0.556. The summed E-state index contributed by atoms with van der Waals surface area (Å²) in [7, 11) is 0. The second-order valence-corrected chi connectivity index (χ2v) is 19.5. The Morgan fingerprint density at radius 3 is 1.20 bits per heavy atom. The van der Waals surface area contributed by atoms with Crippen molar-refractivity contribution in [3.63, 3.8) is 0 Å². The molecule has 0 atom stereocenters. The highest BCUT2D eigenvalue weighted by Gasteiger charge is 2.21. The molecule has 8 heteroatoms. The van der Waals surface area contributed by atoms with Crippen molar-refractivity contribution in [2.24, 2.45) is 0 Å². The van der Waals surface area contributed by atoms with Gasteiger partial charge < -0.3 is 14.4 Å². The molecule has 0 bridgehead atoms. The number of fused-ring (bicyclic) bond motifs is 3. The van der Waals surface area contributed by atoms with E-state index in [1.807, 2.05) is 121 Å². The summed E-state index contributed by atoms with van der Waals surface area (Å²) in [5.41, 5.74) is 18.8. The molecule has 0 spiro atoms. The summed E-state index contributed by atoms with van der Waals surface area (Å²) in [6.45, 7) is 23.7. The maximum Gasteiger partial charge on any atom is 0.195 e. The number of hydrogen-bond donors (Lipinski definition) is 0. The van der Waals surface area contributed by atoms with Gasteiger partial charge in [-0.15, -0.1) is 0 Å². The van der Waals surface area contributed by atoms with Crippen molar-refractivity contribution in [1.82, 2.24) is 14.5 Å². The Balaban J connectivity index is 0.876. The molecule has 0 unspecified atom stereocenters. The van der Waals surface area contributed by atoms with Gasteiger partial charge in [-0.2, -0.15) is 0 Å². The zero-order valence-corrected chi connectivity index (χ0v) is 43.6. The van der Waals surface area contributed by atoms with Gasteiger partial charge >= 0.3 is 0 Å². The van der Waals surface area contributed by atoms with Gasteiger partial charge in [0, 0.05) is 67.3 Å². The molecule has 8 nitrogen and oxygen atoms in total. The van der Waals surface area contributed by atoms with Crippen molar-refractivity contribution in [3.8, 4) is 61.8 Å². The van der Waals surface area contributed by atoms with Crippen LogP contribution < -0.4 is 9.80 Å². The molecule has 0 aliphatic heterocycles. The Hall–Kier alpha value is -11.6. The molecule has 0 saturated heterocycles. The number of benzene rings is 11. The lowest BCUT2D eigenvalue weighted by Crippen LogP contribution is -2.09. The summed E-state index contributed by atoms with van der Waals surface area (Å²) >= 11 is 0. The fourth-order valence-corrected chi connectivity index (χ4v) is 10.7. The van der Waals surface area contributed by atoms with Crippen LogP contribution in [-0.4, -0.2) is 14.5 Å². The van der Waals surface area contributed by atoms with Gasteiger partial charge in [-0.1, -0.05) is 170 Å². The molecule has 13 aromatic rings. The van der Waals surface area contributed by atoms with Crippen molar-refractivity contribution < 1.29 is 0 Å². The summed E-state index contributed by atoms with van der Waals surface area (Å²) in [5, 5.41) is 2.10. The highest BCUT2D eigenvalue weighted by atomic mass is 15.2. The van der Waals surface area contributed by atoms with Crippen molar-refractivity contribution in [3.05, 3.63) is 313 Å². The lowest BCUT2D eigenvalue weighted by atomic mass is 9.97. The van der Waals surface area contributed by atoms with Gasteiger partial charge in [0.05, 0.1) is 42.1 Å². The molecule has 0 radical (unpaired) electrons. The Labute approximate surface area is 470 Å². The van der Waals surface area contributed by atoms with Crippen LogP contribution in [0.4, 0.5) is 51.2 Å². The average Bonchev–Trinajstić information content (AvgIpc) is 4.14. The number of rotatable bonds is 12. The first-order valence-corrected chi connectivity index (χ1v) is 26.5. The Kier molecular flexibility index (Phi) is 12.9. The molecule has 378 valence electrons. The first-order chi connectivity index (χ1) is 40.0. The SMILES string of the molecule is [C-]#[N+]c1ccc(N(c2ccc([N+]#[C-])cc2)c2ccc3c(c2)c2cc(N(c4ccccc4)c4ccccc4)ccc2n3-c2ccc(-c3ccc(-c4ccc(-c5cc(-c6ccccc6)nc(-c6ccccc6)n5)cc4)cc3[N+]#[C-])cc2)cc1. The first-order valence-electron chi connectivity index (χ1n) is 26.5. The van der Waals surface area contributed by atoms with Crippen LogP contribution in [0.5, 0.6) is 0 Å². The predicted molar refractivity (Wildman–Crippen MR) is 332 cm³/mol. The summed E-state index contributed by atoms with van der Waals surface area (Å²) in [6, 6.07) is 94.6. The molecule has 0 fully saturated rings. The third-order valence-electron chi connectivity index (χ3n) is 14.6. The molecule has 0 aliphatic rings. The molecule has 0 saturated carbocycles. The quantitative estimate of drug-likeness (QED) is 0.114. The number of hydrogen-bond acceptors (Lipinski definition) is 4. The van der Waals surface area contributed by atoms with Crippen molar-refractivity contribution in [2.75, 3.05) is 9.80 Å². The first kappa shape index (κ1) is 49.0. The van der Waals surface area contributed by atoms with Crippen molar-refractivity contribution >= 4 is 73.0 Å². The van der Waals surface area contributed by atoms with Crippen LogP contribution in [0.1, 0.15) is 0 Å². The molecule has 0 aliphatic carbocycles. The monoisotopic (exact) mass is 1030 g/mol. The topological polar surface area (TPSA) is 50.3 Å². The number of para-hydroxylation sites is 2. The van der Waals surface area contributed by atoms with Gasteiger partial charge in [0.2, 0.25) is 0 Å². The van der Waals surface area contributed by atoms with Gasteiger partial charge in [0.25, 0.3) is 0 Å². The van der Waals surface area contributed by atoms with E-state index in [-0.39, 0.29) is 0 Å². The predicted octanol–water partition coefficient (Wildman–Crippen LogP) is 20.5. The summed E-state index contributed by atoms with van der Waals surface area (Å²) < 4.78 is 2.31. The standard InChI is InChI=1S/C73H46N8/c1-74-56-31-37-60(38-32-56)80(61-39-33-57(75-2)34-40-61)64-42-45-72-67(48-64)66-47-63(79(58-20-12-6-13-21-58)59-22-14-7-15-23-59)41-44-71(66)81(72)62-35-28-51(29-36-62)65-43-30-55(46-70(65)76-3)50-24-26-53(27-25-50)69-49-68(52-16-8-4-9-17-52)77-73(78-69)54-18-10-5-11-19-54/h4-49H. The highest BCUT2D eigenvalue weighted by Crippen LogP contribution is 2.44. The van der Waals surface area contributed by atoms with Gasteiger partial charge in [-0.25, -0.2) is 24.5 Å². The molecule has 2 heterocycles. The van der Waals surface area contributed by atoms with Crippen LogP contribution in [-0.2, 0) is 0 Å². The van der Waals surface area contributed by atoms with Gasteiger partial charge in [-0.3, -0.25) is 0 Å². The molecular formula is C73H46N8. The normalized spacial score (nSPS) is 10.9. The smallest absolute Gasteiger partial charge is 0.195 e. The van der Waals surface area contributed by atoms with E-state index in [2.05, 4.69) is 187 Å². The molecule has 0 amide bonds. The third-order valence-corrected chi connectivity index (χ3v) is 14.6. The minimum atomic E-state index is 0.556. The van der Waals surface area contributed by atoms with E-state index in [1.165, 1.54) is 0 Å². The van der Waals surface area contributed by atoms with Crippen LogP contribution in [0.25, 0.3) is 98.2 Å². The third kappa shape index (κ3) is 9.57. The van der Waals surface area contributed by atoms with Gasteiger partial charge in [0.1, 0.15) is 0 Å². The van der Waals surface area contributed by atoms with Crippen LogP contribution >= 0.6 is 0 Å². The Bertz CT molecular complexity index is 4400. The number of anilines is 6. The second-order valence-electron chi connectivity index (χ2n) is 19.5. The van der Waals surface area contributed by atoms with Crippen molar-refractivity contribution in [2.45, 2.75) is 0 Å². The molecule has 11 aromatic carbocycles. The van der Waals surface area contributed by atoms with E-state index < -0.39 is 0 Å². The maximum absolute atomic E-state index is 8.39. The molecule has 81 heavy (non-hydrogen) atoms. The van der Waals surface area contributed by atoms with Crippen LogP contribution in [0.3, 0.4) is 0 Å².